The molecule has 0 radical (unpaired) electrons. The summed E-state index contributed by atoms with van der Waals surface area (Å²) in [5, 5.41) is 11.2. The van der Waals surface area contributed by atoms with Crippen molar-refractivity contribution in [2.24, 2.45) is 4.99 Å². The molecule has 0 aliphatic carbocycles. The Kier molecular flexibility index (Phi) is 6.86. The van der Waals surface area contributed by atoms with E-state index < -0.39 is 9.84 Å². The lowest BCUT2D eigenvalue weighted by Gasteiger charge is -2.25. The smallest absolute Gasteiger partial charge is 0.191 e. The maximum Gasteiger partial charge on any atom is 0.191 e. The summed E-state index contributed by atoms with van der Waals surface area (Å²) < 4.78 is 30.2. The van der Waals surface area contributed by atoms with Crippen molar-refractivity contribution < 1.29 is 13.2 Å². The Morgan fingerprint density at radius 1 is 1.34 bits per heavy atom. The molecule has 1 aromatic carbocycles. The van der Waals surface area contributed by atoms with Gasteiger partial charge in [0.25, 0.3) is 0 Å². The highest BCUT2D eigenvalue weighted by atomic mass is 32.2. The number of nitrogens with zero attached hydrogens (tertiary/aromatic N) is 4. The molecule has 0 fully saturated rings. The highest BCUT2D eigenvalue weighted by molar-refractivity contribution is 7.90. The lowest BCUT2D eigenvalue weighted by Crippen LogP contribution is -2.47. The Balaban J connectivity index is 1.63. The molecule has 0 bridgehead atoms. The zero-order chi connectivity index (χ0) is 20.9. The molecule has 3 rings (SSSR count). The first-order valence-corrected chi connectivity index (χ1v) is 11.5. The van der Waals surface area contributed by atoms with Crippen LogP contribution in [0.3, 0.4) is 0 Å². The number of aromatic nitrogens is 3. The van der Waals surface area contributed by atoms with Gasteiger partial charge in [-0.1, -0.05) is 12.1 Å². The van der Waals surface area contributed by atoms with Crippen LogP contribution in [0.5, 0.6) is 0 Å². The van der Waals surface area contributed by atoms with Gasteiger partial charge in [-0.3, -0.25) is 0 Å². The van der Waals surface area contributed by atoms with Crippen molar-refractivity contribution in [2.75, 3.05) is 19.9 Å². The van der Waals surface area contributed by atoms with E-state index in [0.717, 1.165) is 43.3 Å². The fraction of sp³-hybridized carbons (Fsp3) is 0.526. The van der Waals surface area contributed by atoms with Gasteiger partial charge in [0.15, 0.2) is 21.6 Å². The summed E-state index contributed by atoms with van der Waals surface area (Å²) in [4.78, 5) is 9.45. The summed E-state index contributed by atoms with van der Waals surface area (Å²) in [6.45, 7) is 4.36. The van der Waals surface area contributed by atoms with Gasteiger partial charge in [-0.25, -0.2) is 23.1 Å². The number of sulfone groups is 1. The molecular weight excluding hydrogens is 392 g/mol. The van der Waals surface area contributed by atoms with Gasteiger partial charge in [0.2, 0.25) is 0 Å². The van der Waals surface area contributed by atoms with Crippen LogP contribution in [-0.4, -0.2) is 55.1 Å². The second-order valence-electron chi connectivity index (χ2n) is 7.05. The topological polar surface area (TPSA) is 110 Å². The molecule has 2 heterocycles. The lowest BCUT2D eigenvalue weighted by molar-refractivity contribution is 0.177. The van der Waals surface area contributed by atoms with E-state index in [1.807, 2.05) is 11.6 Å². The molecule has 9 nitrogen and oxygen atoms in total. The molecule has 0 saturated heterocycles. The van der Waals surface area contributed by atoms with Gasteiger partial charge in [-0.2, -0.15) is 5.10 Å². The van der Waals surface area contributed by atoms with Crippen molar-refractivity contribution in [3.8, 4) is 0 Å². The van der Waals surface area contributed by atoms with Crippen LogP contribution in [0, 0.1) is 0 Å². The van der Waals surface area contributed by atoms with E-state index in [2.05, 4.69) is 25.7 Å². The molecule has 1 aliphatic rings. The Hall–Kier alpha value is -2.46. The number of fused-ring (bicyclic) bond motifs is 1. The minimum Gasteiger partial charge on any atom is -0.377 e. The van der Waals surface area contributed by atoms with Gasteiger partial charge in [0.1, 0.15) is 12.4 Å². The molecule has 0 saturated carbocycles. The molecule has 1 unspecified atom stereocenters. The second-order valence-corrected chi connectivity index (χ2v) is 9.07. The molecule has 1 atom stereocenters. The largest absolute Gasteiger partial charge is 0.377 e. The average Bonchev–Trinajstić information content (AvgIpc) is 3.08. The zero-order valence-corrected chi connectivity index (χ0v) is 17.9. The van der Waals surface area contributed by atoms with E-state index in [-0.39, 0.29) is 6.04 Å². The molecule has 29 heavy (non-hydrogen) atoms. The van der Waals surface area contributed by atoms with Crippen LogP contribution in [0.1, 0.15) is 30.6 Å². The molecule has 0 amide bonds. The number of nitrogens with one attached hydrogen (secondary N) is 2. The fourth-order valence-electron chi connectivity index (χ4n) is 3.19. The van der Waals surface area contributed by atoms with E-state index in [1.165, 1.54) is 6.26 Å². The highest BCUT2D eigenvalue weighted by Crippen LogP contribution is 2.14. The maximum atomic E-state index is 11.6. The van der Waals surface area contributed by atoms with Crippen molar-refractivity contribution in [2.45, 2.75) is 50.4 Å². The monoisotopic (exact) mass is 420 g/mol. The van der Waals surface area contributed by atoms with E-state index in [1.54, 1.807) is 31.4 Å². The normalized spacial score (nSPS) is 17.1. The quantitative estimate of drug-likeness (QED) is 0.506. The summed E-state index contributed by atoms with van der Waals surface area (Å²) in [6, 6.07) is 7.02. The first-order valence-electron chi connectivity index (χ1n) is 9.64. The number of methoxy groups -OCH3 is 1. The SMILES string of the molecule is CCNC(=NCc1ccc(S(C)(=O)=O)cc1)NC1CCc2nc(COC)nn2C1. The third-order valence-electron chi connectivity index (χ3n) is 4.63. The molecule has 158 valence electrons. The predicted octanol–water partition coefficient (Wildman–Crippen LogP) is 0.898. The molecular formula is C19H28N6O3S. The van der Waals surface area contributed by atoms with Crippen molar-refractivity contribution in [1.82, 2.24) is 25.4 Å². The van der Waals surface area contributed by atoms with Gasteiger partial charge in [0, 0.05) is 32.4 Å². The van der Waals surface area contributed by atoms with Crippen LogP contribution in [0.2, 0.25) is 0 Å². The molecule has 1 aliphatic heterocycles. The molecule has 2 N–H and O–H groups in total. The van der Waals surface area contributed by atoms with Crippen LogP contribution in [0.15, 0.2) is 34.2 Å². The summed E-state index contributed by atoms with van der Waals surface area (Å²) in [5.41, 5.74) is 0.945. The van der Waals surface area contributed by atoms with E-state index >= 15 is 0 Å². The van der Waals surface area contributed by atoms with Crippen molar-refractivity contribution in [1.29, 1.82) is 0 Å². The number of guanidine groups is 1. The number of ether oxygens (including phenoxy) is 1. The standard InChI is InChI=1S/C19H28N6O3S/c1-4-20-19(21-11-14-5-8-16(9-6-14)29(3,26)27)22-15-7-10-18-23-17(13-28-2)24-25(18)12-15/h5-6,8-9,15H,4,7,10-13H2,1-3H3,(H2,20,21,22). The number of aliphatic imine (C=N–C) groups is 1. The number of hydrogen-bond acceptors (Lipinski definition) is 6. The van der Waals surface area contributed by atoms with Crippen molar-refractivity contribution >= 4 is 15.8 Å². The molecule has 10 heteroatoms. The first-order chi connectivity index (χ1) is 13.9. The summed E-state index contributed by atoms with van der Waals surface area (Å²) in [5.74, 6) is 2.43. The van der Waals surface area contributed by atoms with Gasteiger partial charge >= 0.3 is 0 Å². The molecule has 1 aromatic heterocycles. The van der Waals surface area contributed by atoms with Gasteiger partial charge in [0.05, 0.1) is 18.0 Å². The summed E-state index contributed by atoms with van der Waals surface area (Å²) in [7, 11) is -1.55. The van der Waals surface area contributed by atoms with Gasteiger partial charge in [-0.05, 0) is 31.0 Å². The number of aryl methyl sites for hydroxylation is 1. The Bertz CT molecular complexity index is 953. The third-order valence-corrected chi connectivity index (χ3v) is 5.76. The molecule has 2 aromatic rings. The third kappa shape index (κ3) is 5.77. The Morgan fingerprint density at radius 2 is 2.10 bits per heavy atom. The van der Waals surface area contributed by atoms with Crippen LogP contribution in [0.25, 0.3) is 0 Å². The van der Waals surface area contributed by atoms with Crippen LogP contribution < -0.4 is 10.6 Å². The fourth-order valence-corrected chi connectivity index (χ4v) is 3.82. The van der Waals surface area contributed by atoms with Crippen LogP contribution in [0.4, 0.5) is 0 Å². The highest BCUT2D eigenvalue weighted by Gasteiger charge is 2.22. The van der Waals surface area contributed by atoms with E-state index in [4.69, 9.17) is 4.74 Å². The average molecular weight is 421 g/mol. The van der Waals surface area contributed by atoms with Crippen molar-refractivity contribution in [3.05, 3.63) is 41.5 Å². The first kappa shape index (κ1) is 21.3. The zero-order valence-electron chi connectivity index (χ0n) is 17.1. The summed E-state index contributed by atoms with van der Waals surface area (Å²) >= 11 is 0. The Labute approximate surface area is 171 Å². The molecule has 0 spiro atoms. The lowest BCUT2D eigenvalue weighted by atomic mass is 10.1. The van der Waals surface area contributed by atoms with Crippen molar-refractivity contribution in [3.63, 3.8) is 0 Å². The Morgan fingerprint density at radius 3 is 2.76 bits per heavy atom. The maximum absolute atomic E-state index is 11.6. The van der Waals surface area contributed by atoms with Crippen LogP contribution in [-0.2, 0) is 40.7 Å². The minimum absolute atomic E-state index is 0.199. The van der Waals surface area contributed by atoms with E-state index in [0.29, 0.717) is 23.9 Å². The minimum atomic E-state index is -3.19. The second kappa shape index (κ2) is 9.36. The summed E-state index contributed by atoms with van der Waals surface area (Å²) in [6.07, 6.45) is 3.00. The number of benzene rings is 1. The van der Waals surface area contributed by atoms with Gasteiger partial charge in [-0.15, -0.1) is 0 Å². The predicted molar refractivity (Wildman–Crippen MR) is 110 cm³/mol. The number of rotatable bonds is 7. The van der Waals surface area contributed by atoms with Crippen LogP contribution >= 0.6 is 0 Å². The number of hydrogen-bond donors (Lipinski definition) is 2. The van der Waals surface area contributed by atoms with Gasteiger partial charge < -0.3 is 15.4 Å². The van der Waals surface area contributed by atoms with E-state index in [9.17, 15) is 8.42 Å².